The normalized spacial score (nSPS) is 12.4. The number of hydrogen-bond acceptors (Lipinski definition) is 5. The maximum atomic E-state index is 12.3. The number of fused-ring (bicyclic) bond motifs is 1. The Kier molecular flexibility index (Phi) is 4.62. The monoisotopic (exact) mass is 354 g/mol. The van der Waals surface area contributed by atoms with Gasteiger partial charge in [-0.25, -0.2) is 0 Å². The van der Waals surface area contributed by atoms with Gasteiger partial charge in [0.05, 0.1) is 16.6 Å². The molecule has 0 bridgehead atoms. The Bertz CT molecular complexity index is 911. The molecule has 3 rings (SSSR count). The smallest absolute Gasteiger partial charge is 0.280 e. The average molecular weight is 354 g/mol. The van der Waals surface area contributed by atoms with Crippen molar-refractivity contribution in [3.63, 3.8) is 0 Å². The number of ether oxygens (including phenoxy) is 2. The number of hydrogen-bond donors (Lipinski definition) is 1. The van der Waals surface area contributed by atoms with Gasteiger partial charge in [0.1, 0.15) is 0 Å². The highest BCUT2D eigenvalue weighted by molar-refractivity contribution is 6.03. The maximum absolute atomic E-state index is 12.3. The van der Waals surface area contributed by atoms with Crippen molar-refractivity contribution in [1.29, 1.82) is 0 Å². The summed E-state index contributed by atoms with van der Waals surface area (Å²) in [6, 6.07) is 6.75. The lowest BCUT2D eigenvalue weighted by atomic mass is 10.1. The van der Waals surface area contributed by atoms with E-state index in [1.807, 2.05) is 32.9 Å². The summed E-state index contributed by atoms with van der Waals surface area (Å²) in [5.74, 6) is 0.372. The van der Waals surface area contributed by atoms with Gasteiger partial charge in [-0.15, -0.1) is 0 Å². The number of nitrogens with one attached hydrogen (secondary N) is 1. The molecule has 0 aromatic heterocycles. The summed E-state index contributed by atoms with van der Waals surface area (Å²) < 4.78 is 10.4. The average Bonchev–Trinajstić information content (AvgIpc) is 3.02. The first-order valence-electron chi connectivity index (χ1n) is 8.00. The van der Waals surface area contributed by atoms with Gasteiger partial charge in [-0.3, -0.25) is 14.9 Å². The molecule has 0 aliphatic carbocycles. The quantitative estimate of drug-likeness (QED) is 0.511. The summed E-state index contributed by atoms with van der Waals surface area (Å²) in [6.07, 6.45) is 2.66. The van der Waals surface area contributed by atoms with Crippen LogP contribution in [0.2, 0.25) is 0 Å². The molecular weight excluding hydrogens is 336 g/mol. The number of carbonyl (C=O) groups is 1. The van der Waals surface area contributed by atoms with Crippen LogP contribution in [0.15, 0.2) is 30.3 Å². The maximum Gasteiger partial charge on any atom is 0.280 e. The molecule has 0 radical (unpaired) electrons. The Hall–Kier alpha value is -3.35. The lowest BCUT2D eigenvalue weighted by Gasteiger charge is -2.11. The van der Waals surface area contributed by atoms with Gasteiger partial charge in [0.15, 0.2) is 11.5 Å². The van der Waals surface area contributed by atoms with Crippen molar-refractivity contribution in [3.8, 4) is 11.5 Å². The van der Waals surface area contributed by atoms with Crippen molar-refractivity contribution >= 4 is 23.4 Å². The van der Waals surface area contributed by atoms with Crippen LogP contribution in [0.5, 0.6) is 11.5 Å². The molecule has 0 spiro atoms. The van der Waals surface area contributed by atoms with Crippen LogP contribution in [-0.4, -0.2) is 17.6 Å². The second kappa shape index (κ2) is 6.87. The van der Waals surface area contributed by atoms with Crippen molar-refractivity contribution in [1.82, 2.24) is 0 Å². The minimum Gasteiger partial charge on any atom is -0.454 e. The third kappa shape index (κ3) is 3.51. The van der Waals surface area contributed by atoms with Gasteiger partial charge < -0.3 is 14.8 Å². The van der Waals surface area contributed by atoms with E-state index in [2.05, 4.69) is 5.32 Å². The van der Waals surface area contributed by atoms with E-state index in [0.717, 1.165) is 22.4 Å². The number of aryl methyl sites for hydroxylation is 3. The van der Waals surface area contributed by atoms with Crippen molar-refractivity contribution in [2.45, 2.75) is 20.8 Å². The summed E-state index contributed by atoms with van der Waals surface area (Å²) in [5, 5.41) is 14.1. The lowest BCUT2D eigenvalue weighted by Crippen LogP contribution is -2.10. The Morgan fingerprint density at radius 3 is 2.35 bits per heavy atom. The summed E-state index contributed by atoms with van der Waals surface area (Å²) in [6.45, 7) is 5.85. The highest BCUT2D eigenvalue weighted by Gasteiger charge is 2.22. The van der Waals surface area contributed by atoms with Crippen LogP contribution in [-0.2, 0) is 4.79 Å². The van der Waals surface area contributed by atoms with Gasteiger partial charge in [0.2, 0.25) is 12.7 Å². The molecule has 2 aromatic carbocycles. The molecule has 1 heterocycles. The Labute approximate surface area is 150 Å². The third-order valence-corrected chi connectivity index (χ3v) is 4.06. The zero-order chi connectivity index (χ0) is 18.8. The fourth-order valence-electron chi connectivity index (χ4n) is 2.95. The van der Waals surface area contributed by atoms with Gasteiger partial charge in [-0.05, 0) is 44.0 Å². The minimum absolute atomic E-state index is 0.0200. The fraction of sp³-hybridized carbons (Fsp3) is 0.211. The van der Waals surface area contributed by atoms with Crippen LogP contribution in [0, 0.1) is 30.9 Å². The van der Waals surface area contributed by atoms with Gasteiger partial charge in [0, 0.05) is 11.8 Å². The summed E-state index contributed by atoms with van der Waals surface area (Å²) in [4.78, 5) is 23.0. The van der Waals surface area contributed by atoms with Crippen molar-refractivity contribution < 1.29 is 19.2 Å². The van der Waals surface area contributed by atoms with E-state index in [4.69, 9.17) is 9.47 Å². The number of nitrogens with zero attached hydrogens (tertiary/aromatic N) is 1. The van der Waals surface area contributed by atoms with E-state index in [9.17, 15) is 14.9 Å². The molecule has 1 aliphatic heterocycles. The Balaban J connectivity index is 1.84. The molecule has 0 atom stereocenters. The summed E-state index contributed by atoms with van der Waals surface area (Å²) in [7, 11) is 0. The zero-order valence-electron chi connectivity index (χ0n) is 14.7. The van der Waals surface area contributed by atoms with Gasteiger partial charge in [-0.2, -0.15) is 0 Å². The van der Waals surface area contributed by atoms with Gasteiger partial charge in [0.25, 0.3) is 5.69 Å². The Morgan fingerprint density at radius 1 is 1.12 bits per heavy atom. The third-order valence-electron chi connectivity index (χ3n) is 4.06. The van der Waals surface area contributed by atoms with E-state index in [-0.39, 0.29) is 24.0 Å². The largest absolute Gasteiger partial charge is 0.454 e. The molecule has 2 aromatic rings. The number of nitro benzene ring substituents is 1. The molecule has 0 saturated heterocycles. The number of carbonyl (C=O) groups excluding carboxylic acids is 1. The molecule has 7 nitrogen and oxygen atoms in total. The fourth-order valence-corrected chi connectivity index (χ4v) is 2.95. The van der Waals surface area contributed by atoms with E-state index in [1.54, 1.807) is 0 Å². The molecule has 0 fully saturated rings. The number of amides is 1. The molecule has 7 heteroatoms. The Morgan fingerprint density at radius 2 is 1.73 bits per heavy atom. The predicted octanol–water partition coefficient (Wildman–Crippen LogP) is 3.90. The van der Waals surface area contributed by atoms with Crippen LogP contribution in [0.1, 0.15) is 22.3 Å². The second-order valence-corrected chi connectivity index (χ2v) is 6.12. The standard InChI is InChI=1S/C19H18N2O5/c1-11-6-12(2)19(13(3)7-11)20-18(22)5-4-14-8-16-17(26-10-25-16)9-15(14)21(23)24/h4-9H,10H2,1-3H3,(H,20,22)/b5-4+. The molecule has 1 amide bonds. The first-order chi connectivity index (χ1) is 12.3. The van der Waals surface area contributed by atoms with Crippen LogP contribution in [0.4, 0.5) is 11.4 Å². The van der Waals surface area contributed by atoms with Gasteiger partial charge >= 0.3 is 0 Å². The first-order valence-corrected chi connectivity index (χ1v) is 8.00. The number of nitro groups is 1. The zero-order valence-corrected chi connectivity index (χ0v) is 14.7. The molecule has 0 unspecified atom stereocenters. The second-order valence-electron chi connectivity index (χ2n) is 6.12. The molecule has 1 N–H and O–H groups in total. The number of rotatable bonds is 4. The van der Waals surface area contributed by atoms with E-state index in [1.165, 1.54) is 24.3 Å². The van der Waals surface area contributed by atoms with Gasteiger partial charge in [-0.1, -0.05) is 17.7 Å². The molecule has 134 valence electrons. The van der Waals surface area contributed by atoms with E-state index >= 15 is 0 Å². The van der Waals surface area contributed by atoms with Crippen molar-refractivity contribution in [3.05, 3.63) is 62.7 Å². The summed E-state index contributed by atoms with van der Waals surface area (Å²) >= 11 is 0. The highest BCUT2D eigenvalue weighted by Crippen LogP contribution is 2.38. The first kappa shape index (κ1) is 17.5. The molecule has 1 aliphatic rings. The number of anilines is 1. The van der Waals surface area contributed by atoms with Crippen molar-refractivity contribution in [2.75, 3.05) is 12.1 Å². The molecular formula is C19H18N2O5. The topological polar surface area (TPSA) is 90.7 Å². The minimum atomic E-state index is -0.520. The molecule has 0 saturated carbocycles. The SMILES string of the molecule is Cc1cc(C)c(NC(=O)/C=C/c2cc3c(cc2[N+](=O)[O-])OCO3)c(C)c1. The van der Waals surface area contributed by atoms with Crippen LogP contribution >= 0.6 is 0 Å². The number of benzene rings is 2. The van der Waals surface area contributed by atoms with Crippen LogP contribution in [0.3, 0.4) is 0 Å². The lowest BCUT2D eigenvalue weighted by molar-refractivity contribution is -0.385. The van der Waals surface area contributed by atoms with Crippen LogP contribution < -0.4 is 14.8 Å². The highest BCUT2D eigenvalue weighted by atomic mass is 16.7. The summed E-state index contributed by atoms with van der Waals surface area (Å²) in [5.41, 5.74) is 3.89. The van der Waals surface area contributed by atoms with Crippen LogP contribution in [0.25, 0.3) is 6.08 Å². The van der Waals surface area contributed by atoms with Crippen molar-refractivity contribution in [2.24, 2.45) is 0 Å². The van der Waals surface area contributed by atoms with E-state index < -0.39 is 4.92 Å². The predicted molar refractivity (Wildman–Crippen MR) is 97.5 cm³/mol. The molecule has 26 heavy (non-hydrogen) atoms. The van der Waals surface area contributed by atoms with E-state index in [0.29, 0.717) is 11.5 Å².